The SMILES string of the molecule is Fc1ccccc1-c1noc(NC[C@@H]2CCCO2)n1. The first-order chi connectivity index (χ1) is 9.33. The molecule has 1 aliphatic rings. The number of hydrogen-bond donors (Lipinski definition) is 1. The molecule has 1 N–H and O–H groups in total. The molecule has 6 heteroatoms. The van der Waals surface area contributed by atoms with Crippen molar-refractivity contribution in [3.05, 3.63) is 30.1 Å². The van der Waals surface area contributed by atoms with Gasteiger partial charge in [-0.1, -0.05) is 17.3 Å². The minimum absolute atomic E-state index is 0.184. The number of ether oxygens (including phenoxy) is 1. The van der Waals surface area contributed by atoms with Crippen LogP contribution >= 0.6 is 0 Å². The fourth-order valence-electron chi connectivity index (χ4n) is 2.05. The molecule has 0 amide bonds. The summed E-state index contributed by atoms with van der Waals surface area (Å²) in [6.07, 6.45) is 2.29. The van der Waals surface area contributed by atoms with Gasteiger partial charge in [0.05, 0.1) is 11.7 Å². The standard InChI is InChI=1S/C13H14FN3O2/c14-11-6-2-1-5-10(11)12-16-13(19-17-12)15-8-9-4-3-7-18-9/h1-2,5-6,9H,3-4,7-8H2,(H,15,16,17)/t9-/m0/s1. The lowest BCUT2D eigenvalue weighted by molar-refractivity contribution is 0.120. The van der Waals surface area contributed by atoms with Crippen LogP contribution in [0.3, 0.4) is 0 Å². The molecule has 1 aliphatic heterocycles. The van der Waals surface area contributed by atoms with Gasteiger partial charge < -0.3 is 14.6 Å². The molecule has 2 aromatic rings. The Morgan fingerprint density at radius 1 is 1.37 bits per heavy atom. The second kappa shape index (κ2) is 5.36. The molecule has 0 saturated carbocycles. The second-order valence-corrected chi connectivity index (χ2v) is 4.42. The normalized spacial score (nSPS) is 18.7. The van der Waals surface area contributed by atoms with Crippen LogP contribution in [0, 0.1) is 5.82 Å². The molecule has 1 aromatic carbocycles. The zero-order valence-electron chi connectivity index (χ0n) is 10.3. The summed E-state index contributed by atoms with van der Waals surface area (Å²) in [7, 11) is 0. The minimum atomic E-state index is -0.367. The third kappa shape index (κ3) is 2.73. The Morgan fingerprint density at radius 3 is 3.05 bits per heavy atom. The smallest absolute Gasteiger partial charge is 0.321 e. The molecule has 0 radical (unpaired) electrons. The number of hydrogen-bond acceptors (Lipinski definition) is 5. The molecular formula is C13H14FN3O2. The Bertz CT molecular complexity index is 552. The number of nitrogens with zero attached hydrogens (tertiary/aromatic N) is 2. The van der Waals surface area contributed by atoms with Crippen molar-refractivity contribution < 1.29 is 13.7 Å². The predicted molar refractivity (Wildman–Crippen MR) is 67.2 cm³/mol. The van der Waals surface area contributed by atoms with Crippen LogP contribution in [0.2, 0.25) is 0 Å². The Balaban J connectivity index is 1.67. The number of aromatic nitrogens is 2. The van der Waals surface area contributed by atoms with E-state index in [9.17, 15) is 4.39 Å². The first-order valence-electron chi connectivity index (χ1n) is 6.27. The highest BCUT2D eigenvalue weighted by atomic mass is 19.1. The highest BCUT2D eigenvalue weighted by Crippen LogP contribution is 2.21. The van der Waals surface area contributed by atoms with Crippen molar-refractivity contribution in [2.24, 2.45) is 0 Å². The van der Waals surface area contributed by atoms with Crippen molar-refractivity contribution in [3.63, 3.8) is 0 Å². The van der Waals surface area contributed by atoms with Gasteiger partial charge in [0.2, 0.25) is 5.82 Å². The highest BCUT2D eigenvalue weighted by molar-refractivity contribution is 5.56. The molecule has 1 aromatic heterocycles. The second-order valence-electron chi connectivity index (χ2n) is 4.42. The van der Waals surface area contributed by atoms with Crippen LogP contribution in [0.4, 0.5) is 10.4 Å². The van der Waals surface area contributed by atoms with E-state index in [2.05, 4.69) is 15.5 Å². The van der Waals surface area contributed by atoms with Gasteiger partial charge in [0.15, 0.2) is 0 Å². The van der Waals surface area contributed by atoms with Crippen molar-refractivity contribution in [2.75, 3.05) is 18.5 Å². The fourth-order valence-corrected chi connectivity index (χ4v) is 2.05. The molecule has 0 aliphatic carbocycles. The zero-order valence-corrected chi connectivity index (χ0v) is 10.3. The molecule has 100 valence electrons. The Hall–Kier alpha value is -1.95. The van der Waals surface area contributed by atoms with Crippen LogP contribution in [0.5, 0.6) is 0 Å². The summed E-state index contributed by atoms with van der Waals surface area (Å²) < 4.78 is 24.1. The maximum atomic E-state index is 13.6. The van der Waals surface area contributed by atoms with Gasteiger partial charge in [0.1, 0.15) is 5.82 Å². The Morgan fingerprint density at radius 2 is 2.26 bits per heavy atom. The van der Waals surface area contributed by atoms with E-state index in [1.165, 1.54) is 6.07 Å². The summed E-state index contributed by atoms with van der Waals surface area (Å²) in [6.45, 7) is 1.43. The van der Waals surface area contributed by atoms with Gasteiger partial charge in [-0.3, -0.25) is 0 Å². The van der Waals surface area contributed by atoms with Crippen molar-refractivity contribution in [2.45, 2.75) is 18.9 Å². The lowest BCUT2D eigenvalue weighted by Gasteiger charge is -2.07. The van der Waals surface area contributed by atoms with E-state index in [1.54, 1.807) is 18.2 Å². The number of benzene rings is 1. The van der Waals surface area contributed by atoms with Crippen molar-refractivity contribution in [1.82, 2.24) is 10.1 Å². The lowest BCUT2D eigenvalue weighted by Crippen LogP contribution is -2.18. The molecule has 19 heavy (non-hydrogen) atoms. The lowest BCUT2D eigenvalue weighted by atomic mass is 10.2. The topological polar surface area (TPSA) is 60.2 Å². The zero-order chi connectivity index (χ0) is 13.1. The van der Waals surface area contributed by atoms with E-state index in [-0.39, 0.29) is 23.8 Å². The predicted octanol–water partition coefficient (Wildman–Crippen LogP) is 2.47. The molecule has 1 fully saturated rings. The van der Waals surface area contributed by atoms with Crippen molar-refractivity contribution in [1.29, 1.82) is 0 Å². The van der Waals surface area contributed by atoms with E-state index in [1.807, 2.05) is 0 Å². The van der Waals surface area contributed by atoms with Gasteiger partial charge in [-0.2, -0.15) is 4.98 Å². The number of anilines is 1. The summed E-state index contributed by atoms with van der Waals surface area (Å²) in [5, 5.41) is 6.77. The van der Waals surface area contributed by atoms with E-state index in [4.69, 9.17) is 9.26 Å². The Labute approximate surface area is 109 Å². The van der Waals surface area contributed by atoms with Gasteiger partial charge in [-0.25, -0.2) is 4.39 Å². The highest BCUT2D eigenvalue weighted by Gasteiger charge is 2.17. The first kappa shape index (κ1) is 12.1. The average Bonchev–Trinajstić information content (AvgIpc) is 3.08. The molecule has 1 saturated heterocycles. The third-order valence-electron chi connectivity index (χ3n) is 3.05. The van der Waals surface area contributed by atoms with Crippen LogP contribution < -0.4 is 5.32 Å². The minimum Gasteiger partial charge on any atom is -0.376 e. The number of halogens is 1. The first-order valence-corrected chi connectivity index (χ1v) is 6.27. The number of nitrogens with one attached hydrogen (secondary N) is 1. The van der Waals surface area contributed by atoms with Gasteiger partial charge >= 0.3 is 6.01 Å². The molecule has 0 bridgehead atoms. The van der Waals surface area contributed by atoms with E-state index in [0.29, 0.717) is 12.1 Å². The van der Waals surface area contributed by atoms with E-state index < -0.39 is 0 Å². The molecular weight excluding hydrogens is 249 g/mol. The summed E-state index contributed by atoms with van der Waals surface area (Å²) in [5.74, 6) is -0.123. The summed E-state index contributed by atoms with van der Waals surface area (Å²) in [5.41, 5.74) is 0.330. The van der Waals surface area contributed by atoms with Gasteiger partial charge in [-0.05, 0) is 25.0 Å². The molecule has 1 atom stereocenters. The van der Waals surface area contributed by atoms with Gasteiger partial charge in [0.25, 0.3) is 0 Å². The summed E-state index contributed by atoms with van der Waals surface area (Å²) in [6, 6.07) is 6.62. The van der Waals surface area contributed by atoms with Crippen LogP contribution in [-0.2, 0) is 4.74 Å². The molecule has 3 rings (SSSR count). The van der Waals surface area contributed by atoms with E-state index >= 15 is 0 Å². The summed E-state index contributed by atoms with van der Waals surface area (Å²) in [4.78, 5) is 4.12. The maximum Gasteiger partial charge on any atom is 0.321 e. The average molecular weight is 263 g/mol. The van der Waals surface area contributed by atoms with Crippen LogP contribution in [-0.4, -0.2) is 29.4 Å². The Kier molecular flexibility index (Phi) is 3.41. The molecule has 0 unspecified atom stereocenters. The van der Waals surface area contributed by atoms with Crippen LogP contribution in [0.15, 0.2) is 28.8 Å². The molecule has 0 spiro atoms. The monoisotopic (exact) mass is 263 g/mol. The maximum absolute atomic E-state index is 13.6. The van der Waals surface area contributed by atoms with Crippen LogP contribution in [0.1, 0.15) is 12.8 Å². The van der Waals surface area contributed by atoms with Gasteiger partial charge in [0, 0.05) is 13.2 Å². The van der Waals surface area contributed by atoms with E-state index in [0.717, 1.165) is 19.4 Å². The van der Waals surface area contributed by atoms with Crippen molar-refractivity contribution >= 4 is 6.01 Å². The fraction of sp³-hybridized carbons (Fsp3) is 0.385. The summed E-state index contributed by atoms with van der Waals surface area (Å²) >= 11 is 0. The van der Waals surface area contributed by atoms with Gasteiger partial charge in [-0.15, -0.1) is 0 Å². The largest absolute Gasteiger partial charge is 0.376 e. The van der Waals surface area contributed by atoms with Crippen molar-refractivity contribution in [3.8, 4) is 11.4 Å². The van der Waals surface area contributed by atoms with Crippen LogP contribution in [0.25, 0.3) is 11.4 Å². The quantitative estimate of drug-likeness (QED) is 0.918. The molecule has 2 heterocycles. The molecule has 5 nitrogen and oxygen atoms in total. The number of rotatable bonds is 4. The third-order valence-corrected chi connectivity index (χ3v) is 3.05.